The zero-order chi connectivity index (χ0) is 12.8. The number of methoxy groups -OCH3 is 2. The van der Waals surface area contributed by atoms with Crippen LogP contribution in [0.25, 0.3) is 0 Å². The molecule has 0 aromatic heterocycles. The third kappa shape index (κ3) is 4.02. The number of halogens is 1. The van der Waals surface area contributed by atoms with Crippen molar-refractivity contribution in [2.75, 3.05) is 20.8 Å². The molecule has 0 aliphatic rings. The lowest BCUT2D eigenvalue weighted by molar-refractivity contribution is 0.0869. The lowest BCUT2D eigenvalue weighted by atomic mass is 10.2. The van der Waals surface area contributed by atoms with Crippen molar-refractivity contribution in [1.82, 2.24) is 5.32 Å². The zero-order valence-corrected chi connectivity index (χ0v) is 11.7. The van der Waals surface area contributed by atoms with Crippen LogP contribution in [0.3, 0.4) is 0 Å². The summed E-state index contributed by atoms with van der Waals surface area (Å²) < 4.78 is 10.9. The lowest BCUT2D eigenvalue weighted by Gasteiger charge is -2.12. The van der Waals surface area contributed by atoms with Gasteiger partial charge < -0.3 is 14.8 Å². The minimum absolute atomic E-state index is 0.0108. The molecule has 0 fully saturated rings. The van der Waals surface area contributed by atoms with Crippen molar-refractivity contribution in [1.29, 1.82) is 0 Å². The number of benzene rings is 1. The van der Waals surface area contributed by atoms with Crippen molar-refractivity contribution in [3.63, 3.8) is 0 Å². The van der Waals surface area contributed by atoms with Gasteiger partial charge in [0.15, 0.2) is 0 Å². The second-order valence-electron chi connectivity index (χ2n) is 3.60. The molecule has 5 heteroatoms. The predicted octanol–water partition coefficient (Wildman–Crippen LogP) is 2.22. The minimum Gasteiger partial charge on any atom is -0.497 e. The number of carbonyl (C=O) groups is 1. The normalized spacial score (nSPS) is 12.0. The summed E-state index contributed by atoms with van der Waals surface area (Å²) in [6.07, 6.45) is -0.0108. The largest absolute Gasteiger partial charge is 0.497 e. The average molecular weight is 302 g/mol. The molecule has 4 nitrogen and oxygen atoms in total. The molecule has 1 amide bonds. The maximum absolute atomic E-state index is 11.9. The average Bonchev–Trinajstić information content (AvgIpc) is 2.36. The molecular formula is C12H16BrNO3. The smallest absolute Gasteiger partial charge is 0.252 e. The van der Waals surface area contributed by atoms with E-state index in [0.717, 1.165) is 4.47 Å². The molecule has 1 rings (SSSR count). The number of carbonyl (C=O) groups excluding carboxylic acids is 1. The fraction of sp³-hybridized carbons (Fsp3) is 0.417. The molecule has 0 aliphatic heterocycles. The maximum atomic E-state index is 11.9. The van der Waals surface area contributed by atoms with Crippen LogP contribution >= 0.6 is 15.9 Å². The molecular weight excluding hydrogens is 286 g/mol. The van der Waals surface area contributed by atoms with Gasteiger partial charge in [0.25, 0.3) is 5.91 Å². The van der Waals surface area contributed by atoms with E-state index in [1.807, 2.05) is 6.92 Å². The van der Waals surface area contributed by atoms with Crippen molar-refractivity contribution in [3.05, 3.63) is 28.2 Å². The third-order valence-electron chi connectivity index (χ3n) is 2.37. The molecule has 1 unspecified atom stereocenters. The van der Waals surface area contributed by atoms with Gasteiger partial charge >= 0.3 is 0 Å². The quantitative estimate of drug-likeness (QED) is 0.907. The van der Waals surface area contributed by atoms with Crippen molar-refractivity contribution >= 4 is 21.8 Å². The lowest BCUT2D eigenvalue weighted by Crippen LogP contribution is -2.31. The molecule has 0 spiro atoms. The van der Waals surface area contributed by atoms with Crippen molar-refractivity contribution in [2.24, 2.45) is 0 Å². The predicted molar refractivity (Wildman–Crippen MR) is 69.5 cm³/mol. The monoisotopic (exact) mass is 301 g/mol. The number of ether oxygens (including phenoxy) is 2. The van der Waals surface area contributed by atoms with Crippen LogP contribution in [0.2, 0.25) is 0 Å². The molecule has 17 heavy (non-hydrogen) atoms. The molecule has 1 aromatic carbocycles. The van der Waals surface area contributed by atoms with Gasteiger partial charge in [-0.1, -0.05) is 0 Å². The Balaban J connectivity index is 2.74. The van der Waals surface area contributed by atoms with E-state index in [4.69, 9.17) is 9.47 Å². The van der Waals surface area contributed by atoms with Gasteiger partial charge in [0.2, 0.25) is 0 Å². The molecule has 1 N–H and O–H groups in total. The molecule has 0 radical (unpaired) electrons. The van der Waals surface area contributed by atoms with Crippen LogP contribution in [0.4, 0.5) is 0 Å². The van der Waals surface area contributed by atoms with Crippen molar-refractivity contribution in [3.8, 4) is 5.75 Å². The topological polar surface area (TPSA) is 47.6 Å². The summed E-state index contributed by atoms with van der Waals surface area (Å²) >= 11 is 3.34. The van der Waals surface area contributed by atoms with Gasteiger partial charge in [-0.3, -0.25) is 4.79 Å². The van der Waals surface area contributed by atoms with Crippen LogP contribution in [0.15, 0.2) is 22.7 Å². The standard InChI is InChI=1S/C12H16BrNO3/c1-8(16-2)7-14-12(15)10-6-9(17-3)4-5-11(10)13/h4-6,8H,7H2,1-3H3,(H,14,15). The summed E-state index contributed by atoms with van der Waals surface area (Å²) in [5.41, 5.74) is 0.549. The minimum atomic E-state index is -0.153. The second kappa shape index (κ2) is 6.61. The number of amides is 1. The summed E-state index contributed by atoms with van der Waals surface area (Å²) in [6.45, 7) is 2.36. The van der Waals surface area contributed by atoms with Gasteiger partial charge in [0.1, 0.15) is 5.75 Å². The first-order chi connectivity index (χ1) is 8.08. The van der Waals surface area contributed by atoms with Gasteiger partial charge in [-0.25, -0.2) is 0 Å². The molecule has 94 valence electrons. The Kier molecular flexibility index (Phi) is 5.44. The molecule has 1 aromatic rings. The number of hydrogen-bond donors (Lipinski definition) is 1. The van der Waals surface area contributed by atoms with E-state index in [2.05, 4.69) is 21.2 Å². The van der Waals surface area contributed by atoms with Crippen LogP contribution in [0.1, 0.15) is 17.3 Å². The van der Waals surface area contributed by atoms with E-state index in [-0.39, 0.29) is 12.0 Å². The highest BCUT2D eigenvalue weighted by Gasteiger charge is 2.12. The number of nitrogens with one attached hydrogen (secondary N) is 1. The highest BCUT2D eigenvalue weighted by molar-refractivity contribution is 9.10. The molecule has 0 heterocycles. The number of rotatable bonds is 5. The third-order valence-corrected chi connectivity index (χ3v) is 3.06. The Hall–Kier alpha value is -1.07. The first-order valence-electron chi connectivity index (χ1n) is 5.23. The van der Waals surface area contributed by atoms with E-state index < -0.39 is 0 Å². The van der Waals surface area contributed by atoms with E-state index in [1.165, 1.54) is 0 Å². The summed E-state index contributed by atoms with van der Waals surface area (Å²) in [5, 5.41) is 2.79. The number of hydrogen-bond acceptors (Lipinski definition) is 3. The van der Waals surface area contributed by atoms with Gasteiger partial charge in [-0.05, 0) is 41.1 Å². The van der Waals surface area contributed by atoms with E-state index in [9.17, 15) is 4.79 Å². The summed E-state index contributed by atoms with van der Waals surface area (Å²) in [6, 6.07) is 5.27. The summed E-state index contributed by atoms with van der Waals surface area (Å²) in [4.78, 5) is 11.9. The van der Waals surface area contributed by atoms with Gasteiger partial charge in [-0.15, -0.1) is 0 Å². The van der Waals surface area contributed by atoms with Gasteiger partial charge in [-0.2, -0.15) is 0 Å². The fourth-order valence-electron chi connectivity index (χ4n) is 1.22. The fourth-order valence-corrected chi connectivity index (χ4v) is 1.65. The maximum Gasteiger partial charge on any atom is 0.252 e. The van der Waals surface area contributed by atoms with Crippen molar-refractivity contribution in [2.45, 2.75) is 13.0 Å². The summed E-state index contributed by atoms with van der Waals surface area (Å²) in [5.74, 6) is 0.498. The van der Waals surface area contributed by atoms with Gasteiger partial charge in [0.05, 0.1) is 18.8 Å². The van der Waals surface area contributed by atoms with Crippen LogP contribution in [-0.4, -0.2) is 32.8 Å². The second-order valence-corrected chi connectivity index (χ2v) is 4.46. The first-order valence-corrected chi connectivity index (χ1v) is 6.02. The van der Waals surface area contributed by atoms with E-state index in [1.54, 1.807) is 32.4 Å². The molecule has 0 saturated heterocycles. The van der Waals surface area contributed by atoms with E-state index in [0.29, 0.717) is 17.9 Å². The molecule has 0 aliphatic carbocycles. The Morgan fingerprint density at radius 1 is 1.47 bits per heavy atom. The highest BCUT2D eigenvalue weighted by atomic mass is 79.9. The van der Waals surface area contributed by atoms with E-state index >= 15 is 0 Å². The zero-order valence-electron chi connectivity index (χ0n) is 10.1. The van der Waals surface area contributed by atoms with Crippen LogP contribution in [0.5, 0.6) is 5.75 Å². The molecule has 1 atom stereocenters. The van der Waals surface area contributed by atoms with Crippen LogP contribution in [-0.2, 0) is 4.74 Å². The SMILES string of the molecule is COc1ccc(Br)c(C(=O)NCC(C)OC)c1. The first kappa shape index (κ1) is 14.0. The van der Waals surface area contributed by atoms with Gasteiger partial charge in [0, 0.05) is 18.1 Å². The Morgan fingerprint density at radius 2 is 2.18 bits per heavy atom. The van der Waals surface area contributed by atoms with Crippen molar-refractivity contribution < 1.29 is 14.3 Å². The Bertz CT molecular complexity index is 395. The highest BCUT2D eigenvalue weighted by Crippen LogP contribution is 2.22. The molecule has 0 saturated carbocycles. The summed E-state index contributed by atoms with van der Waals surface area (Å²) in [7, 11) is 3.18. The Morgan fingerprint density at radius 3 is 2.76 bits per heavy atom. The Labute approximate surface area is 109 Å². The molecule has 0 bridgehead atoms. The van der Waals surface area contributed by atoms with Crippen LogP contribution < -0.4 is 10.1 Å². The van der Waals surface area contributed by atoms with Crippen LogP contribution in [0, 0.1) is 0 Å².